The van der Waals surface area contributed by atoms with Gasteiger partial charge >= 0.3 is 6.36 Å². The predicted molar refractivity (Wildman–Crippen MR) is 51.8 cm³/mol. The molecule has 0 saturated carbocycles. The molecule has 1 rings (SSSR count). The van der Waals surface area contributed by atoms with Crippen LogP contribution in [0.4, 0.5) is 13.2 Å². The number of halogens is 3. The van der Waals surface area contributed by atoms with E-state index in [2.05, 4.69) is 4.74 Å². The van der Waals surface area contributed by atoms with Gasteiger partial charge in [-0.05, 0) is 23.6 Å². The van der Waals surface area contributed by atoms with E-state index < -0.39 is 6.36 Å². The fourth-order valence-electron chi connectivity index (χ4n) is 1.48. The molecule has 0 N–H and O–H groups in total. The van der Waals surface area contributed by atoms with Crippen LogP contribution in [0, 0.1) is 11.3 Å². The van der Waals surface area contributed by atoms with Gasteiger partial charge in [-0.3, -0.25) is 0 Å². The number of hydrogen-bond acceptors (Lipinski definition) is 2. The fraction of sp³-hybridized carbons (Fsp3) is 0.364. The lowest BCUT2D eigenvalue weighted by Gasteiger charge is -2.14. The van der Waals surface area contributed by atoms with Crippen molar-refractivity contribution >= 4 is 0 Å². The van der Waals surface area contributed by atoms with Gasteiger partial charge in [0.2, 0.25) is 0 Å². The summed E-state index contributed by atoms with van der Waals surface area (Å²) in [5, 5.41) is 8.55. The second-order valence-corrected chi connectivity index (χ2v) is 3.13. The standard InChI is InChI=1S/C11H10F3NO/c1-2-9-8(6-7-15)4-3-5-10(9)16-11(12,13)14/h3-5H,2,6H2,1H3. The van der Waals surface area contributed by atoms with E-state index >= 15 is 0 Å². The molecule has 0 saturated heterocycles. The molecule has 0 atom stereocenters. The van der Waals surface area contributed by atoms with Crippen LogP contribution in [0.15, 0.2) is 18.2 Å². The normalized spacial score (nSPS) is 10.9. The van der Waals surface area contributed by atoms with Crippen molar-refractivity contribution in [3.8, 4) is 11.8 Å². The molecule has 0 fully saturated rings. The Morgan fingerprint density at radius 1 is 1.38 bits per heavy atom. The van der Waals surface area contributed by atoms with E-state index in [1.54, 1.807) is 13.0 Å². The molecule has 5 heteroatoms. The Morgan fingerprint density at radius 2 is 2.06 bits per heavy atom. The maximum Gasteiger partial charge on any atom is 0.573 e. The number of hydrogen-bond donors (Lipinski definition) is 0. The van der Waals surface area contributed by atoms with E-state index in [-0.39, 0.29) is 12.2 Å². The third kappa shape index (κ3) is 3.16. The number of ether oxygens (including phenoxy) is 1. The molecule has 1 aromatic rings. The third-order valence-corrected chi connectivity index (χ3v) is 2.08. The van der Waals surface area contributed by atoms with Crippen LogP contribution in [0.1, 0.15) is 18.1 Å². The van der Waals surface area contributed by atoms with Crippen molar-refractivity contribution in [1.29, 1.82) is 5.26 Å². The zero-order chi connectivity index (χ0) is 12.2. The highest BCUT2D eigenvalue weighted by atomic mass is 19.4. The van der Waals surface area contributed by atoms with Gasteiger partial charge in [0, 0.05) is 0 Å². The molecule has 16 heavy (non-hydrogen) atoms. The van der Waals surface area contributed by atoms with Crippen LogP contribution >= 0.6 is 0 Å². The summed E-state index contributed by atoms with van der Waals surface area (Å²) in [4.78, 5) is 0. The molecule has 0 aliphatic carbocycles. The van der Waals surface area contributed by atoms with E-state index in [4.69, 9.17) is 5.26 Å². The number of rotatable bonds is 3. The first kappa shape index (κ1) is 12.4. The number of nitriles is 1. The van der Waals surface area contributed by atoms with Crippen LogP contribution in [0.25, 0.3) is 0 Å². The van der Waals surface area contributed by atoms with Crippen LogP contribution in [0.3, 0.4) is 0 Å². The Hall–Kier alpha value is -1.70. The summed E-state index contributed by atoms with van der Waals surface area (Å²) in [6.07, 6.45) is -4.23. The Kier molecular flexibility index (Phi) is 3.78. The molecule has 0 aliphatic heterocycles. The molecule has 0 aliphatic rings. The van der Waals surface area contributed by atoms with Gasteiger partial charge in [-0.25, -0.2) is 0 Å². The van der Waals surface area contributed by atoms with Crippen molar-refractivity contribution in [3.05, 3.63) is 29.3 Å². The van der Waals surface area contributed by atoms with Gasteiger partial charge in [-0.15, -0.1) is 13.2 Å². The number of alkyl halides is 3. The maximum absolute atomic E-state index is 12.1. The molecular formula is C11H10F3NO. The van der Waals surface area contributed by atoms with Gasteiger partial charge in [0.05, 0.1) is 12.5 Å². The molecule has 2 nitrogen and oxygen atoms in total. The van der Waals surface area contributed by atoms with Crippen LogP contribution in [-0.4, -0.2) is 6.36 Å². The summed E-state index contributed by atoms with van der Waals surface area (Å²) in [6.45, 7) is 1.72. The van der Waals surface area contributed by atoms with Gasteiger partial charge in [-0.1, -0.05) is 19.1 Å². The van der Waals surface area contributed by atoms with E-state index in [0.717, 1.165) is 0 Å². The molecule has 0 spiro atoms. The monoisotopic (exact) mass is 229 g/mol. The van der Waals surface area contributed by atoms with Crippen molar-refractivity contribution in [1.82, 2.24) is 0 Å². The van der Waals surface area contributed by atoms with Gasteiger partial charge < -0.3 is 4.74 Å². The summed E-state index contributed by atoms with van der Waals surface area (Å²) in [5.41, 5.74) is 1.01. The molecule has 0 heterocycles. The van der Waals surface area contributed by atoms with Crippen molar-refractivity contribution in [2.75, 3.05) is 0 Å². The van der Waals surface area contributed by atoms with Gasteiger partial charge in [0.15, 0.2) is 0 Å². The summed E-state index contributed by atoms with van der Waals surface area (Å²) >= 11 is 0. The van der Waals surface area contributed by atoms with Gasteiger partial charge in [0.1, 0.15) is 5.75 Å². The molecule has 0 amide bonds. The van der Waals surface area contributed by atoms with E-state index in [9.17, 15) is 13.2 Å². The molecular weight excluding hydrogens is 219 g/mol. The number of benzene rings is 1. The highest BCUT2D eigenvalue weighted by Crippen LogP contribution is 2.29. The SMILES string of the molecule is CCc1c(CC#N)cccc1OC(F)(F)F. The van der Waals surface area contributed by atoms with Crippen molar-refractivity contribution in [2.45, 2.75) is 26.1 Å². The molecule has 0 bridgehead atoms. The summed E-state index contributed by atoms with van der Waals surface area (Å²) in [5.74, 6) is -0.220. The van der Waals surface area contributed by atoms with Crippen molar-refractivity contribution in [3.63, 3.8) is 0 Å². The topological polar surface area (TPSA) is 33.0 Å². The zero-order valence-electron chi connectivity index (χ0n) is 8.64. The highest BCUT2D eigenvalue weighted by molar-refractivity contribution is 5.41. The first-order chi connectivity index (χ1) is 7.48. The van der Waals surface area contributed by atoms with E-state index in [1.165, 1.54) is 12.1 Å². The maximum atomic E-state index is 12.1. The van der Waals surface area contributed by atoms with Crippen molar-refractivity contribution in [2.24, 2.45) is 0 Å². The van der Waals surface area contributed by atoms with Crippen LogP contribution < -0.4 is 4.74 Å². The largest absolute Gasteiger partial charge is 0.573 e. The van der Waals surface area contributed by atoms with Crippen LogP contribution in [-0.2, 0) is 12.8 Å². The minimum absolute atomic E-state index is 0.0816. The molecule has 0 aromatic heterocycles. The van der Waals surface area contributed by atoms with Gasteiger partial charge in [-0.2, -0.15) is 5.26 Å². The lowest BCUT2D eigenvalue weighted by Crippen LogP contribution is -2.18. The van der Waals surface area contributed by atoms with E-state index in [1.807, 2.05) is 6.07 Å². The fourth-order valence-corrected chi connectivity index (χ4v) is 1.48. The highest BCUT2D eigenvalue weighted by Gasteiger charge is 2.32. The second-order valence-electron chi connectivity index (χ2n) is 3.13. The Bertz CT molecular complexity index is 407. The molecule has 86 valence electrons. The quantitative estimate of drug-likeness (QED) is 0.797. The predicted octanol–water partition coefficient (Wildman–Crippen LogP) is 3.21. The van der Waals surface area contributed by atoms with E-state index in [0.29, 0.717) is 17.5 Å². The smallest absolute Gasteiger partial charge is 0.405 e. The minimum Gasteiger partial charge on any atom is -0.405 e. The van der Waals surface area contributed by atoms with Crippen LogP contribution in [0.2, 0.25) is 0 Å². The summed E-state index contributed by atoms with van der Waals surface area (Å²) in [7, 11) is 0. The molecule has 1 aromatic carbocycles. The Balaban J connectivity index is 3.10. The second kappa shape index (κ2) is 4.88. The van der Waals surface area contributed by atoms with Crippen LogP contribution in [0.5, 0.6) is 5.75 Å². The Morgan fingerprint density at radius 3 is 2.56 bits per heavy atom. The Labute approximate surface area is 91.3 Å². The summed E-state index contributed by atoms with van der Waals surface area (Å²) in [6, 6.07) is 6.25. The lowest BCUT2D eigenvalue weighted by molar-refractivity contribution is -0.274. The first-order valence-corrected chi connectivity index (χ1v) is 4.71. The average molecular weight is 229 g/mol. The molecule has 0 radical (unpaired) electrons. The summed E-state index contributed by atoms with van der Waals surface area (Å²) < 4.78 is 40.2. The minimum atomic E-state index is -4.70. The van der Waals surface area contributed by atoms with Gasteiger partial charge in [0.25, 0.3) is 0 Å². The average Bonchev–Trinajstić information content (AvgIpc) is 2.16. The zero-order valence-corrected chi connectivity index (χ0v) is 8.64. The number of nitrogens with zero attached hydrogens (tertiary/aromatic N) is 1. The third-order valence-electron chi connectivity index (χ3n) is 2.08. The molecule has 0 unspecified atom stereocenters. The first-order valence-electron chi connectivity index (χ1n) is 4.71. The lowest BCUT2D eigenvalue weighted by atomic mass is 10.0. The van der Waals surface area contributed by atoms with Crippen molar-refractivity contribution < 1.29 is 17.9 Å².